The minimum absolute atomic E-state index is 0.0764. The summed E-state index contributed by atoms with van der Waals surface area (Å²) in [5.41, 5.74) is 4.40. The molecule has 2 rings (SSSR count). The van der Waals surface area contributed by atoms with E-state index in [1.54, 1.807) is 12.1 Å². The molecule has 2 N–H and O–H groups in total. The molecule has 0 aliphatic carbocycles. The number of phenolic OH excluding ortho intramolecular Hbond substituents is 1. The van der Waals surface area contributed by atoms with Crippen LogP contribution in [0.3, 0.4) is 0 Å². The standard InChI is InChI=1S/C18H20N2O3S/c1-3-23-17-10-14(6-9-16(17)21)11-19-20-18(22)12-24-15-7-4-13(2)5-8-15/h4-11,21H,3,12H2,1-2H3,(H,20,22)/b19-11-. The average Bonchev–Trinajstić information content (AvgIpc) is 2.57. The molecule has 0 bridgehead atoms. The third-order valence-corrected chi connectivity index (χ3v) is 4.09. The molecular formula is C18H20N2O3S. The maximum atomic E-state index is 11.8. The van der Waals surface area contributed by atoms with Gasteiger partial charge in [0.25, 0.3) is 0 Å². The lowest BCUT2D eigenvalue weighted by Crippen LogP contribution is -2.19. The van der Waals surface area contributed by atoms with E-state index in [0.717, 1.165) is 10.5 Å². The van der Waals surface area contributed by atoms with Crippen LogP contribution < -0.4 is 10.2 Å². The van der Waals surface area contributed by atoms with E-state index >= 15 is 0 Å². The zero-order chi connectivity index (χ0) is 17.4. The SMILES string of the molecule is CCOc1cc(/C=N\NC(=O)CSc2ccc(C)cc2)ccc1O. The molecule has 0 saturated carbocycles. The summed E-state index contributed by atoms with van der Waals surface area (Å²) in [6, 6.07) is 12.9. The second-order valence-corrected chi connectivity index (χ2v) is 6.10. The highest BCUT2D eigenvalue weighted by atomic mass is 32.2. The summed E-state index contributed by atoms with van der Waals surface area (Å²) in [6.07, 6.45) is 1.51. The monoisotopic (exact) mass is 344 g/mol. The van der Waals surface area contributed by atoms with Crippen molar-refractivity contribution in [3.8, 4) is 11.5 Å². The molecule has 0 fully saturated rings. The highest BCUT2D eigenvalue weighted by Crippen LogP contribution is 2.26. The fourth-order valence-corrected chi connectivity index (χ4v) is 2.57. The van der Waals surface area contributed by atoms with Gasteiger partial charge in [0.15, 0.2) is 11.5 Å². The summed E-state index contributed by atoms with van der Waals surface area (Å²) in [6.45, 7) is 4.32. The van der Waals surface area contributed by atoms with E-state index in [-0.39, 0.29) is 11.7 Å². The van der Waals surface area contributed by atoms with E-state index < -0.39 is 0 Å². The summed E-state index contributed by atoms with van der Waals surface area (Å²) < 4.78 is 5.30. The number of phenols is 1. The van der Waals surface area contributed by atoms with Crippen LogP contribution in [-0.4, -0.2) is 29.6 Å². The first kappa shape index (κ1) is 17.9. The summed E-state index contributed by atoms with van der Waals surface area (Å²) in [7, 11) is 0. The summed E-state index contributed by atoms with van der Waals surface area (Å²) >= 11 is 1.46. The molecule has 0 spiro atoms. The topological polar surface area (TPSA) is 70.9 Å². The molecule has 2 aromatic rings. The van der Waals surface area contributed by atoms with Gasteiger partial charge in [-0.2, -0.15) is 5.10 Å². The van der Waals surface area contributed by atoms with E-state index in [0.29, 0.717) is 18.1 Å². The van der Waals surface area contributed by atoms with E-state index in [4.69, 9.17) is 4.74 Å². The van der Waals surface area contributed by atoms with E-state index in [9.17, 15) is 9.90 Å². The molecule has 126 valence electrons. The van der Waals surface area contributed by atoms with Crippen molar-refractivity contribution in [3.05, 3.63) is 53.6 Å². The van der Waals surface area contributed by atoms with Crippen LogP contribution in [0.15, 0.2) is 52.5 Å². The van der Waals surface area contributed by atoms with Crippen molar-refractivity contribution in [1.29, 1.82) is 0 Å². The molecule has 6 heteroatoms. The van der Waals surface area contributed by atoms with Crippen LogP contribution >= 0.6 is 11.8 Å². The highest BCUT2D eigenvalue weighted by Gasteiger charge is 2.03. The molecule has 0 unspecified atom stereocenters. The number of nitrogens with one attached hydrogen (secondary N) is 1. The van der Waals surface area contributed by atoms with Crippen LogP contribution in [0.2, 0.25) is 0 Å². The smallest absolute Gasteiger partial charge is 0.250 e. The molecule has 0 aliphatic rings. The van der Waals surface area contributed by atoms with Gasteiger partial charge in [0.2, 0.25) is 5.91 Å². The number of aromatic hydroxyl groups is 1. The van der Waals surface area contributed by atoms with Gasteiger partial charge in [-0.05, 0) is 49.7 Å². The van der Waals surface area contributed by atoms with Crippen molar-refractivity contribution >= 4 is 23.9 Å². The predicted molar refractivity (Wildman–Crippen MR) is 96.9 cm³/mol. The van der Waals surface area contributed by atoms with Crippen molar-refractivity contribution < 1.29 is 14.6 Å². The summed E-state index contributed by atoms with van der Waals surface area (Å²) in [5, 5.41) is 13.6. The molecule has 0 heterocycles. The largest absolute Gasteiger partial charge is 0.504 e. The Bertz CT molecular complexity index is 715. The van der Waals surface area contributed by atoms with Gasteiger partial charge in [0, 0.05) is 4.90 Å². The normalized spacial score (nSPS) is 10.8. The molecule has 2 aromatic carbocycles. The lowest BCUT2D eigenvalue weighted by molar-refractivity contribution is -0.118. The number of ether oxygens (including phenoxy) is 1. The Kier molecular flexibility index (Phi) is 6.69. The van der Waals surface area contributed by atoms with Gasteiger partial charge < -0.3 is 9.84 Å². The fraction of sp³-hybridized carbons (Fsp3) is 0.222. The molecule has 5 nitrogen and oxygen atoms in total. The van der Waals surface area contributed by atoms with Gasteiger partial charge in [0.1, 0.15) is 0 Å². The maximum absolute atomic E-state index is 11.8. The molecule has 0 aromatic heterocycles. The Morgan fingerprint density at radius 2 is 2.04 bits per heavy atom. The lowest BCUT2D eigenvalue weighted by atomic mass is 10.2. The van der Waals surface area contributed by atoms with Gasteiger partial charge in [-0.25, -0.2) is 5.43 Å². The number of hydrogen-bond acceptors (Lipinski definition) is 5. The van der Waals surface area contributed by atoms with E-state index in [1.165, 1.54) is 29.6 Å². The number of aryl methyl sites for hydroxylation is 1. The van der Waals surface area contributed by atoms with Crippen LogP contribution in [0, 0.1) is 6.92 Å². The molecule has 0 radical (unpaired) electrons. The molecule has 1 amide bonds. The quantitative estimate of drug-likeness (QED) is 0.459. The number of amides is 1. The highest BCUT2D eigenvalue weighted by molar-refractivity contribution is 8.00. The van der Waals surface area contributed by atoms with Gasteiger partial charge in [-0.1, -0.05) is 17.7 Å². The minimum Gasteiger partial charge on any atom is -0.504 e. The van der Waals surface area contributed by atoms with Gasteiger partial charge >= 0.3 is 0 Å². The van der Waals surface area contributed by atoms with Crippen molar-refractivity contribution in [2.75, 3.05) is 12.4 Å². The molecule has 24 heavy (non-hydrogen) atoms. The van der Waals surface area contributed by atoms with Crippen molar-refractivity contribution in [1.82, 2.24) is 5.43 Å². The third kappa shape index (κ3) is 5.62. The molecular weight excluding hydrogens is 324 g/mol. The van der Waals surface area contributed by atoms with Crippen LogP contribution in [0.5, 0.6) is 11.5 Å². The van der Waals surface area contributed by atoms with Crippen molar-refractivity contribution in [2.24, 2.45) is 5.10 Å². The first-order chi connectivity index (χ1) is 11.6. The fourth-order valence-electron chi connectivity index (χ4n) is 1.88. The molecule has 0 saturated heterocycles. The van der Waals surface area contributed by atoms with Gasteiger partial charge in [-0.3, -0.25) is 4.79 Å². The molecule has 0 aliphatic heterocycles. The Balaban J connectivity index is 1.83. The van der Waals surface area contributed by atoms with Crippen molar-refractivity contribution in [3.63, 3.8) is 0 Å². The predicted octanol–water partition coefficient (Wildman–Crippen LogP) is 3.34. The number of rotatable bonds is 7. The Labute approximate surface area is 145 Å². The first-order valence-corrected chi connectivity index (χ1v) is 8.54. The van der Waals surface area contributed by atoms with Gasteiger partial charge in [-0.15, -0.1) is 11.8 Å². The summed E-state index contributed by atoms with van der Waals surface area (Å²) in [4.78, 5) is 12.8. The maximum Gasteiger partial charge on any atom is 0.250 e. The average molecular weight is 344 g/mol. The van der Waals surface area contributed by atoms with Crippen LogP contribution in [0.25, 0.3) is 0 Å². The van der Waals surface area contributed by atoms with Crippen molar-refractivity contribution in [2.45, 2.75) is 18.7 Å². The Hall–Kier alpha value is -2.47. The van der Waals surface area contributed by atoms with Crippen LogP contribution in [0.4, 0.5) is 0 Å². The zero-order valence-corrected chi connectivity index (χ0v) is 14.5. The summed E-state index contributed by atoms with van der Waals surface area (Å²) in [5.74, 6) is 0.580. The van der Waals surface area contributed by atoms with Gasteiger partial charge in [0.05, 0.1) is 18.6 Å². The third-order valence-electron chi connectivity index (χ3n) is 3.08. The molecule has 0 atom stereocenters. The zero-order valence-electron chi connectivity index (χ0n) is 13.7. The second-order valence-electron chi connectivity index (χ2n) is 5.06. The number of thioether (sulfide) groups is 1. The van der Waals surface area contributed by atoms with E-state index in [2.05, 4.69) is 10.5 Å². The number of benzene rings is 2. The van der Waals surface area contributed by atoms with E-state index in [1.807, 2.05) is 38.1 Å². The number of hydrogen-bond donors (Lipinski definition) is 2. The Morgan fingerprint density at radius 3 is 2.75 bits per heavy atom. The number of hydrazone groups is 1. The lowest BCUT2D eigenvalue weighted by Gasteiger charge is -2.06. The van der Waals surface area contributed by atoms with Crippen LogP contribution in [0.1, 0.15) is 18.1 Å². The number of carbonyl (C=O) groups excluding carboxylic acids is 1. The van der Waals surface area contributed by atoms with Crippen LogP contribution in [-0.2, 0) is 4.79 Å². The first-order valence-electron chi connectivity index (χ1n) is 7.55. The minimum atomic E-state index is -0.180. The number of nitrogens with zero attached hydrogens (tertiary/aromatic N) is 1. The number of carbonyl (C=O) groups is 1. The Morgan fingerprint density at radius 1 is 1.29 bits per heavy atom. The second kappa shape index (κ2) is 8.98.